The molecule has 16 nitrogen and oxygen atoms in total. The van der Waals surface area contributed by atoms with Gasteiger partial charge in [0, 0.05) is 40.0 Å². The van der Waals surface area contributed by atoms with Crippen LogP contribution in [0.25, 0.3) is 0 Å². The maximum Gasteiger partial charge on any atom is 0.338 e. The Kier molecular flexibility index (Phi) is 7.79. The fourth-order valence-corrected chi connectivity index (χ4v) is 13.1. The van der Waals surface area contributed by atoms with Crippen molar-refractivity contribution in [3.05, 3.63) is 45.1 Å². The van der Waals surface area contributed by atoms with Crippen LogP contribution < -0.4 is 0 Å². The standard InChI is InChI=1S/C40H46O16/c1-16(13-41)8-28(44)53-15-37(48)22-9-20(22)35(3)24(37)11-19-18(14-52-27(43)7-6-26(42)51-5)33(46)54-39(19)25(35)12-38(56-50)23-10-21(23)36(4)31(38)30(39)29-17(2)32(45)55-40(29,49)34(36)47/h8,20-25,34,41,47-50H,6-7,9-15H2,1-5H3/b16-8+/t20-,21-,22+,23+,24-,25+,34-,35+,36+,37+,38+,39+,40+/m1/s1. The first-order valence-corrected chi connectivity index (χ1v) is 19.1. The predicted molar refractivity (Wildman–Crippen MR) is 184 cm³/mol. The van der Waals surface area contributed by atoms with Crippen molar-refractivity contribution in [1.82, 2.24) is 0 Å². The van der Waals surface area contributed by atoms with E-state index in [1.807, 2.05) is 6.92 Å². The quantitative estimate of drug-likeness (QED) is 0.0685. The number of hydrogen-bond donors (Lipinski definition) is 5. The fraction of sp³-hybridized carbons (Fsp3) is 0.675. The van der Waals surface area contributed by atoms with E-state index in [9.17, 15) is 49.7 Å². The number of esters is 5. The molecule has 302 valence electrons. The molecule has 0 amide bonds. The highest BCUT2D eigenvalue weighted by Crippen LogP contribution is 2.85. The van der Waals surface area contributed by atoms with Crippen LogP contribution in [0.1, 0.15) is 66.2 Å². The summed E-state index contributed by atoms with van der Waals surface area (Å²) in [5.74, 6) is -9.21. The summed E-state index contributed by atoms with van der Waals surface area (Å²) in [7, 11) is 1.18. The zero-order valence-electron chi connectivity index (χ0n) is 31.7. The van der Waals surface area contributed by atoms with Crippen molar-refractivity contribution >= 4 is 29.8 Å². The summed E-state index contributed by atoms with van der Waals surface area (Å²) in [6.07, 6.45) is -0.0652. The highest BCUT2D eigenvalue weighted by Gasteiger charge is 2.88. The second-order valence-corrected chi connectivity index (χ2v) is 17.8. The van der Waals surface area contributed by atoms with E-state index in [4.69, 9.17) is 23.8 Å². The van der Waals surface area contributed by atoms with Crippen LogP contribution in [-0.2, 0) is 52.5 Å². The minimum absolute atomic E-state index is 0.0320. The molecule has 56 heavy (non-hydrogen) atoms. The second kappa shape index (κ2) is 11.6. The summed E-state index contributed by atoms with van der Waals surface area (Å²) in [5.41, 5.74) is -5.98. The summed E-state index contributed by atoms with van der Waals surface area (Å²) in [6, 6.07) is 0. The molecule has 13 atom stereocenters. The Morgan fingerprint density at radius 3 is 2.30 bits per heavy atom. The van der Waals surface area contributed by atoms with E-state index in [0.717, 1.165) is 6.08 Å². The third-order valence-electron chi connectivity index (χ3n) is 15.6. The van der Waals surface area contributed by atoms with Crippen LogP contribution in [0, 0.1) is 46.3 Å². The number of fused-ring (bicyclic) bond motifs is 9. The molecule has 9 aliphatic rings. The van der Waals surface area contributed by atoms with Gasteiger partial charge in [-0.15, -0.1) is 0 Å². The van der Waals surface area contributed by atoms with Crippen molar-refractivity contribution in [3.63, 3.8) is 0 Å². The van der Waals surface area contributed by atoms with Crippen molar-refractivity contribution < 1.29 is 78.2 Å². The first kappa shape index (κ1) is 37.6. The van der Waals surface area contributed by atoms with Gasteiger partial charge >= 0.3 is 29.8 Å². The number of carbonyl (C=O) groups is 5. The van der Waals surface area contributed by atoms with Gasteiger partial charge in [0.1, 0.15) is 30.5 Å². The van der Waals surface area contributed by atoms with Crippen LogP contribution in [0.4, 0.5) is 0 Å². The second-order valence-electron chi connectivity index (χ2n) is 17.8. The van der Waals surface area contributed by atoms with E-state index < -0.39 is 94.4 Å². The molecule has 7 aliphatic carbocycles. The molecule has 2 aliphatic heterocycles. The minimum Gasteiger partial charge on any atom is -0.469 e. The normalized spacial score (nSPS) is 45.8. The first-order chi connectivity index (χ1) is 26.4. The van der Waals surface area contributed by atoms with Gasteiger partial charge in [-0.2, -0.15) is 0 Å². The topological polar surface area (TPSA) is 242 Å². The van der Waals surface area contributed by atoms with E-state index in [1.54, 1.807) is 13.8 Å². The van der Waals surface area contributed by atoms with Crippen molar-refractivity contribution in [1.29, 1.82) is 0 Å². The van der Waals surface area contributed by atoms with Crippen molar-refractivity contribution in [2.75, 3.05) is 26.9 Å². The monoisotopic (exact) mass is 782 g/mol. The molecule has 0 aromatic rings. The van der Waals surface area contributed by atoms with Crippen LogP contribution in [0.5, 0.6) is 0 Å². The lowest BCUT2D eigenvalue weighted by Gasteiger charge is -2.64. The zero-order valence-corrected chi connectivity index (χ0v) is 31.7. The predicted octanol–water partition coefficient (Wildman–Crippen LogP) is 1.10. The summed E-state index contributed by atoms with van der Waals surface area (Å²) in [5, 5.41) is 57.8. The Balaban J connectivity index is 1.25. The average Bonchev–Trinajstić information content (AvgIpc) is 4.08. The van der Waals surface area contributed by atoms with Gasteiger partial charge in [-0.25, -0.2) is 19.3 Å². The highest BCUT2D eigenvalue weighted by atomic mass is 17.1. The number of aliphatic hydroxyl groups excluding tert-OH is 2. The molecule has 0 aromatic carbocycles. The first-order valence-electron chi connectivity index (χ1n) is 19.1. The van der Waals surface area contributed by atoms with Crippen LogP contribution in [0.3, 0.4) is 0 Å². The Labute approximate surface area is 321 Å². The maximum atomic E-state index is 14.4. The molecule has 16 heteroatoms. The lowest BCUT2D eigenvalue weighted by molar-refractivity contribution is -0.332. The van der Waals surface area contributed by atoms with Crippen LogP contribution >= 0.6 is 0 Å². The van der Waals surface area contributed by atoms with Crippen molar-refractivity contribution in [2.24, 2.45) is 46.3 Å². The fourth-order valence-electron chi connectivity index (χ4n) is 13.1. The molecule has 9 rings (SSSR count). The number of aliphatic hydroxyl groups is 4. The van der Waals surface area contributed by atoms with Crippen LogP contribution in [0.2, 0.25) is 0 Å². The molecular formula is C40H46O16. The number of hydrogen-bond acceptors (Lipinski definition) is 16. The molecule has 0 saturated heterocycles. The maximum absolute atomic E-state index is 14.4. The average molecular weight is 783 g/mol. The molecule has 0 radical (unpaired) electrons. The highest BCUT2D eigenvalue weighted by molar-refractivity contribution is 5.98. The number of rotatable bonds is 10. The van der Waals surface area contributed by atoms with Gasteiger partial charge in [0.2, 0.25) is 0 Å². The third kappa shape index (κ3) is 4.27. The van der Waals surface area contributed by atoms with Gasteiger partial charge in [0.15, 0.2) is 5.60 Å². The number of ether oxygens (including phenoxy) is 5. The van der Waals surface area contributed by atoms with Crippen molar-refractivity contribution in [2.45, 2.75) is 94.9 Å². The summed E-state index contributed by atoms with van der Waals surface area (Å²) >= 11 is 0. The Morgan fingerprint density at radius 2 is 1.62 bits per heavy atom. The van der Waals surface area contributed by atoms with E-state index in [1.165, 1.54) is 14.0 Å². The van der Waals surface area contributed by atoms with Gasteiger partial charge in [-0.05, 0) is 85.3 Å². The molecular weight excluding hydrogens is 736 g/mol. The summed E-state index contributed by atoms with van der Waals surface area (Å²) in [6.45, 7) is 5.37. The molecule has 1 spiro atoms. The minimum atomic E-state index is -2.56. The summed E-state index contributed by atoms with van der Waals surface area (Å²) < 4.78 is 28.2. The summed E-state index contributed by atoms with van der Waals surface area (Å²) in [4.78, 5) is 71.0. The molecule has 5 N–H and O–H groups in total. The molecule has 5 saturated carbocycles. The SMILES string of the molecule is COC(=O)CCC(=O)OCC1=C2C[C@H]3[C@](O)(COC(=O)/C=C(\C)CO)[C@H]4C[C@H]4[C@]3(C)[C@@H]3C[C@@]4(OO)C5=C(C6=C(C)C(=O)O[C@]6(O)[C@H](O)[C@@]5(C)[C@@H]5C[C@@H]54)[C@]23OC1=O. The van der Waals surface area contributed by atoms with E-state index >= 15 is 0 Å². The van der Waals surface area contributed by atoms with Gasteiger partial charge < -0.3 is 44.1 Å². The number of carbonyl (C=O) groups excluding carboxylic acids is 5. The van der Waals surface area contributed by atoms with E-state index in [2.05, 4.69) is 4.74 Å². The van der Waals surface area contributed by atoms with Gasteiger partial charge in [0.05, 0.1) is 32.1 Å². The third-order valence-corrected chi connectivity index (χ3v) is 15.6. The Bertz CT molecular complexity index is 2050. The van der Waals surface area contributed by atoms with Crippen LogP contribution in [0.15, 0.2) is 45.1 Å². The lowest BCUT2D eigenvalue weighted by atomic mass is 9.42. The van der Waals surface area contributed by atoms with Gasteiger partial charge in [0.25, 0.3) is 5.79 Å². The lowest BCUT2D eigenvalue weighted by Crippen LogP contribution is -2.69. The van der Waals surface area contributed by atoms with Crippen LogP contribution in [-0.4, -0.2) is 111 Å². The van der Waals surface area contributed by atoms with Gasteiger partial charge in [-0.1, -0.05) is 13.8 Å². The molecule has 5 fully saturated rings. The van der Waals surface area contributed by atoms with Crippen molar-refractivity contribution in [3.8, 4) is 0 Å². The molecule has 2 heterocycles. The smallest absolute Gasteiger partial charge is 0.338 e. The van der Waals surface area contributed by atoms with E-state index in [0.29, 0.717) is 29.6 Å². The molecule has 0 bridgehead atoms. The Morgan fingerprint density at radius 1 is 0.929 bits per heavy atom. The van der Waals surface area contributed by atoms with E-state index in [-0.39, 0.29) is 78.3 Å². The number of methoxy groups -OCH3 is 1. The zero-order chi connectivity index (χ0) is 40.3. The molecule has 0 aromatic heterocycles. The molecule has 0 unspecified atom stereocenters. The largest absolute Gasteiger partial charge is 0.469 e. The van der Waals surface area contributed by atoms with Gasteiger partial charge in [-0.3, -0.25) is 14.8 Å². The Hall–Kier alpha value is -3.93.